The summed E-state index contributed by atoms with van der Waals surface area (Å²) < 4.78 is 22.1. The molecule has 0 spiro atoms. The van der Waals surface area contributed by atoms with Gasteiger partial charge in [0.1, 0.15) is 17.6 Å². The maximum absolute atomic E-state index is 14.4. The summed E-state index contributed by atoms with van der Waals surface area (Å²) in [6.45, 7) is 10.9. The summed E-state index contributed by atoms with van der Waals surface area (Å²) in [5, 5.41) is 17.2. The Bertz CT molecular complexity index is 1600. The highest BCUT2D eigenvalue weighted by molar-refractivity contribution is 6.39. The van der Waals surface area contributed by atoms with E-state index in [-0.39, 0.29) is 47.0 Å². The molecule has 6 atom stereocenters. The minimum atomic E-state index is -1.01. The molecule has 5 N–H and O–H groups in total. The van der Waals surface area contributed by atoms with E-state index in [1.165, 1.54) is 27.4 Å². The molecule has 0 saturated heterocycles. The van der Waals surface area contributed by atoms with Gasteiger partial charge >= 0.3 is 6.09 Å². The molecule has 0 unspecified atom stereocenters. The fourth-order valence-electron chi connectivity index (χ4n) is 6.06. The van der Waals surface area contributed by atoms with Crippen LogP contribution in [-0.4, -0.2) is 81.0 Å². The van der Waals surface area contributed by atoms with Crippen LogP contribution in [0.1, 0.15) is 46.1 Å². The Morgan fingerprint density at radius 1 is 1.08 bits per heavy atom. The molecule has 1 aromatic carbocycles. The minimum absolute atomic E-state index is 0.0228. The molecule has 12 heteroatoms. The molecule has 2 amide bonds. The van der Waals surface area contributed by atoms with Gasteiger partial charge in [-0.05, 0) is 55.9 Å². The van der Waals surface area contributed by atoms with Crippen LogP contribution in [0, 0.1) is 11.8 Å². The average Bonchev–Trinajstić information content (AvgIpc) is 3.09. The van der Waals surface area contributed by atoms with E-state index in [1.807, 2.05) is 6.92 Å². The first kappa shape index (κ1) is 39.7. The van der Waals surface area contributed by atoms with Gasteiger partial charge in [-0.2, -0.15) is 0 Å². The molecule has 50 heavy (non-hydrogen) atoms. The van der Waals surface area contributed by atoms with Crippen LogP contribution in [0.25, 0.3) is 5.57 Å². The summed E-state index contributed by atoms with van der Waals surface area (Å²) in [6, 6.07) is 6.62. The number of fused-ring (bicyclic) bond motifs is 2. The molecule has 0 radical (unpaired) electrons. The number of ether oxygens (including phenoxy) is 4. The number of aliphatic hydroxyl groups is 1. The predicted octanol–water partition coefficient (Wildman–Crippen LogP) is 4.07. The van der Waals surface area contributed by atoms with Crippen molar-refractivity contribution in [3.05, 3.63) is 94.9 Å². The first-order valence-corrected chi connectivity index (χ1v) is 16.4. The van der Waals surface area contributed by atoms with E-state index in [4.69, 9.17) is 24.7 Å². The van der Waals surface area contributed by atoms with E-state index in [0.717, 1.165) is 0 Å². The smallest absolute Gasteiger partial charge is 0.405 e. The number of primary amides is 1. The fraction of sp³-hybridized carbons (Fsp3) is 0.421. The first-order chi connectivity index (χ1) is 23.8. The van der Waals surface area contributed by atoms with E-state index < -0.39 is 53.9 Å². The second-order valence-corrected chi connectivity index (χ2v) is 12.5. The third kappa shape index (κ3) is 9.68. The number of Topliss-reactive ketones (excluding diaryl/α,β-unsaturated/α-hetero) is 2. The topological polar surface area (TPSA) is 176 Å². The van der Waals surface area contributed by atoms with Gasteiger partial charge in [-0.25, -0.2) is 4.79 Å². The van der Waals surface area contributed by atoms with Crippen molar-refractivity contribution >= 4 is 29.1 Å². The van der Waals surface area contributed by atoms with E-state index in [0.29, 0.717) is 23.3 Å². The molecule has 1 aromatic rings. The zero-order valence-corrected chi connectivity index (χ0v) is 29.8. The second-order valence-electron chi connectivity index (χ2n) is 12.5. The van der Waals surface area contributed by atoms with Gasteiger partial charge < -0.3 is 40.4 Å². The first-order valence-electron chi connectivity index (χ1n) is 16.4. The number of amides is 2. The van der Waals surface area contributed by atoms with Gasteiger partial charge in [0.2, 0.25) is 11.6 Å². The van der Waals surface area contributed by atoms with Gasteiger partial charge in [0.05, 0.1) is 30.6 Å². The van der Waals surface area contributed by atoms with Crippen LogP contribution in [0.15, 0.2) is 89.3 Å². The molecule has 3 rings (SSSR count). The van der Waals surface area contributed by atoms with E-state index >= 15 is 0 Å². The number of nitrogens with two attached hydrogens (primary N) is 1. The Morgan fingerprint density at radius 3 is 2.34 bits per heavy atom. The highest BCUT2D eigenvalue weighted by Crippen LogP contribution is 2.34. The van der Waals surface area contributed by atoms with Crippen LogP contribution in [0.2, 0.25) is 0 Å². The Balaban J connectivity index is 2.25. The van der Waals surface area contributed by atoms with Gasteiger partial charge in [-0.1, -0.05) is 56.4 Å². The van der Waals surface area contributed by atoms with Crippen molar-refractivity contribution < 1.29 is 43.2 Å². The number of hydrogen-bond acceptors (Lipinski definition) is 10. The fourth-order valence-corrected chi connectivity index (χ4v) is 6.06. The van der Waals surface area contributed by atoms with Gasteiger partial charge in [0.25, 0.3) is 5.91 Å². The lowest BCUT2D eigenvalue weighted by Gasteiger charge is -2.30. The Labute approximate surface area is 293 Å². The zero-order chi connectivity index (χ0) is 37.1. The molecule has 0 saturated carbocycles. The van der Waals surface area contributed by atoms with Gasteiger partial charge in [-0.3, -0.25) is 14.4 Å². The van der Waals surface area contributed by atoms with Crippen molar-refractivity contribution in [2.45, 2.75) is 65.0 Å². The summed E-state index contributed by atoms with van der Waals surface area (Å²) in [5.74, 6) is -1.79. The number of allylic oxidation sites excluding steroid dienone is 4. The quantitative estimate of drug-likeness (QED) is 0.230. The van der Waals surface area contributed by atoms with E-state index in [2.05, 4.69) is 17.2 Å². The standard InChI is InChI=1S/C38H49N3O9/c1-9-17-40-31-27-18-21(2)19-29(49-8)33(42)23(4)20-24(5)36(50-38(39)46)28(48-7)12-10-11-22(3)37(45)41-32(34(27)43)30(35(31)44)25-13-15-26(47-6)16-14-25/h9-16,20-21,23,28-29,33,36,40,42H,1,17-19H2,2-8H3,(H2,39,46)(H,41,45)/b12-10-,22-11-,24-20-/t21-,23+,28+,29+,33-,36+/m1/s1. The third-order valence-electron chi connectivity index (χ3n) is 8.75. The largest absolute Gasteiger partial charge is 0.497 e. The van der Waals surface area contributed by atoms with Gasteiger partial charge in [-0.15, -0.1) is 6.58 Å². The Kier molecular flexibility index (Phi) is 14.5. The number of benzene rings is 1. The monoisotopic (exact) mass is 691 g/mol. The lowest BCUT2D eigenvalue weighted by atomic mass is 9.81. The van der Waals surface area contributed by atoms with Crippen molar-refractivity contribution in [1.82, 2.24) is 10.6 Å². The Hall–Kier alpha value is -4.78. The molecule has 2 bridgehead atoms. The summed E-state index contributed by atoms with van der Waals surface area (Å²) in [7, 11) is 4.44. The summed E-state index contributed by atoms with van der Waals surface area (Å²) in [6.07, 6.45) is 4.01. The van der Waals surface area contributed by atoms with Crippen LogP contribution in [-0.2, 0) is 28.6 Å². The zero-order valence-electron chi connectivity index (χ0n) is 29.8. The number of rotatable bonds is 8. The molecule has 1 heterocycles. The van der Waals surface area contributed by atoms with Crippen molar-refractivity contribution in [1.29, 1.82) is 0 Å². The molecule has 0 fully saturated rings. The average molecular weight is 692 g/mol. The lowest BCUT2D eigenvalue weighted by molar-refractivity contribution is -0.120. The molecule has 0 aromatic heterocycles. The number of carbonyl (C=O) groups excluding carboxylic acids is 4. The van der Waals surface area contributed by atoms with Crippen LogP contribution >= 0.6 is 0 Å². The summed E-state index contributed by atoms with van der Waals surface area (Å²) in [4.78, 5) is 54.3. The number of methoxy groups -OCH3 is 3. The SMILES string of the molecule is C=CCNC1=C2C[C@@H](C)C[C@H](OC)[C@H](O)[C@@H](C)/C=C(/C)[C@H](OC(N)=O)[C@@H](OC)/C=C\C=C(\C)C(=O)NC(=C(c3ccc(OC)cc3)C1=O)C2=O. The highest BCUT2D eigenvalue weighted by Gasteiger charge is 2.38. The van der Waals surface area contributed by atoms with Crippen LogP contribution < -0.4 is 21.1 Å². The molecule has 1 aliphatic carbocycles. The number of aliphatic hydroxyl groups excluding tert-OH is 1. The Morgan fingerprint density at radius 2 is 1.76 bits per heavy atom. The molecule has 12 nitrogen and oxygen atoms in total. The van der Waals surface area contributed by atoms with Crippen molar-refractivity contribution in [3.8, 4) is 5.75 Å². The lowest BCUT2D eigenvalue weighted by Crippen LogP contribution is -2.39. The normalized spacial score (nSPS) is 28.5. The molecular weight excluding hydrogens is 642 g/mol. The van der Waals surface area contributed by atoms with E-state index in [1.54, 1.807) is 69.3 Å². The minimum Gasteiger partial charge on any atom is -0.497 e. The molecule has 270 valence electrons. The number of carbonyl (C=O) groups is 4. The van der Waals surface area contributed by atoms with Crippen molar-refractivity contribution in [3.63, 3.8) is 0 Å². The van der Waals surface area contributed by atoms with E-state index in [9.17, 15) is 24.3 Å². The molecule has 1 aliphatic heterocycles. The maximum Gasteiger partial charge on any atom is 0.405 e. The van der Waals surface area contributed by atoms with Crippen molar-refractivity contribution in [2.24, 2.45) is 17.6 Å². The maximum atomic E-state index is 14.4. The second kappa shape index (κ2) is 18.3. The van der Waals surface area contributed by atoms with Crippen LogP contribution in [0.3, 0.4) is 0 Å². The predicted molar refractivity (Wildman–Crippen MR) is 190 cm³/mol. The molecular formula is C38H49N3O9. The number of hydrogen-bond donors (Lipinski definition) is 4. The highest BCUT2D eigenvalue weighted by atomic mass is 16.6. The van der Waals surface area contributed by atoms with Crippen LogP contribution in [0.5, 0.6) is 5.75 Å². The van der Waals surface area contributed by atoms with Gasteiger partial charge in [0, 0.05) is 37.8 Å². The van der Waals surface area contributed by atoms with Crippen LogP contribution in [0.4, 0.5) is 4.79 Å². The molecule has 2 aliphatic rings. The summed E-state index contributed by atoms with van der Waals surface area (Å²) >= 11 is 0. The van der Waals surface area contributed by atoms with Crippen molar-refractivity contribution in [2.75, 3.05) is 27.9 Å². The van der Waals surface area contributed by atoms with Gasteiger partial charge in [0.15, 0.2) is 6.10 Å². The third-order valence-corrected chi connectivity index (χ3v) is 8.75. The summed E-state index contributed by atoms with van der Waals surface area (Å²) in [5.41, 5.74) is 6.76. The number of nitrogens with one attached hydrogen (secondary N) is 2. The number of ketones is 2.